The van der Waals surface area contributed by atoms with Gasteiger partial charge >= 0.3 is 0 Å². The number of nitrogens with one attached hydrogen (secondary N) is 1. The number of nitrogens with two attached hydrogens (primary N) is 1. The highest BCUT2D eigenvalue weighted by molar-refractivity contribution is 6.31. The number of hydrogen-bond acceptors (Lipinski definition) is 3. The van der Waals surface area contributed by atoms with Crippen molar-refractivity contribution in [1.29, 1.82) is 0 Å². The summed E-state index contributed by atoms with van der Waals surface area (Å²) in [6, 6.07) is 9.97. The number of anilines is 2. The van der Waals surface area contributed by atoms with Crippen LogP contribution in [0.15, 0.2) is 42.6 Å². The van der Waals surface area contributed by atoms with E-state index in [1.165, 1.54) is 6.20 Å². The number of pyridine rings is 1. The molecule has 1 amide bonds. The Morgan fingerprint density at radius 1 is 1.29 bits per heavy atom. The van der Waals surface area contributed by atoms with E-state index in [1.807, 2.05) is 0 Å². The van der Waals surface area contributed by atoms with Crippen molar-refractivity contribution in [2.45, 2.75) is 0 Å². The second kappa shape index (κ2) is 4.84. The zero-order chi connectivity index (χ0) is 12.3. The molecule has 0 saturated heterocycles. The van der Waals surface area contributed by atoms with Crippen molar-refractivity contribution in [3.05, 3.63) is 53.2 Å². The summed E-state index contributed by atoms with van der Waals surface area (Å²) in [4.78, 5) is 15.7. The van der Waals surface area contributed by atoms with E-state index in [-0.39, 0.29) is 5.91 Å². The van der Waals surface area contributed by atoms with E-state index in [9.17, 15) is 4.79 Å². The van der Waals surface area contributed by atoms with Gasteiger partial charge < -0.3 is 11.1 Å². The average molecular weight is 248 g/mol. The van der Waals surface area contributed by atoms with Crippen LogP contribution in [0.5, 0.6) is 0 Å². The molecule has 1 aromatic heterocycles. The van der Waals surface area contributed by atoms with E-state index in [0.717, 1.165) is 0 Å². The SMILES string of the molecule is Nc1cc(NC(=O)c2cccc(Cl)c2)ccn1. The molecule has 5 heteroatoms. The number of amides is 1. The van der Waals surface area contributed by atoms with Gasteiger partial charge in [-0.25, -0.2) is 4.98 Å². The van der Waals surface area contributed by atoms with Crippen molar-refractivity contribution in [2.24, 2.45) is 0 Å². The molecule has 2 rings (SSSR count). The maximum atomic E-state index is 11.8. The summed E-state index contributed by atoms with van der Waals surface area (Å²) in [5.74, 6) is 0.118. The molecule has 0 spiro atoms. The Hall–Kier alpha value is -2.07. The summed E-state index contributed by atoms with van der Waals surface area (Å²) in [5, 5.41) is 3.23. The summed E-state index contributed by atoms with van der Waals surface area (Å²) < 4.78 is 0. The molecule has 0 saturated carbocycles. The maximum Gasteiger partial charge on any atom is 0.255 e. The van der Waals surface area contributed by atoms with Crippen LogP contribution < -0.4 is 11.1 Å². The molecule has 0 aliphatic carbocycles. The van der Waals surface area contributed by atoms with Crippen LogP contribution in [0, 0.1) is 0 Å². The Bertz CT molecular complexity index is 557. The Balaban J connectivity index is 2.17. The molecule has 1 heterocycles. The summed E-state index contributed by atoms with van der Waals surface area (Å²) >= 11 is 5.81. The number of halogens is 1. The normalized spacial score (nSPS) is 9.94. The van der Waals surface area contributed by atoms with Gasteiger partial charge in [0, 0.05) is 28.5 Å². The molecule has 0 unspecified atom stereocenters. The highest BCUT2D eigenvalue weighted by atomic mass is 35.5. The number of benzene rings is 1. The van der Waals surface area contributed by atoms with Crippen LogP contribution in [-0.4, -0.2) is 10.9 Å². The van der Waals surface area contributed by atoms with Crippen molar-refractivity contribution >= 4 is 29.0 Å². The fraction of sp³-hybridized carbons (Fsp3) is 0. The third kappa shape index (κ3) is 2.95. The number of rotatable bonds is 2. The quantitative estimate of drug-likeness (QED) is 0.857. The molecule has 3 N–H and O–H groups in total. The van der Waals surface area contributed by atoms with Gasteiger partial charge in [-0.3, -0.25) is 4.79 Å². The van der Waals surface area contributed by atoms with Gasteiger partial charge in [0.05, 0.1) is 0 Å². The van der Waals surface area contributed by atoms with Crippen LogP contribution in [0.4, 0.5) is 11.5 Å². The highest BCUT2D eigenvalue weighted by Gasteiger charge is 2.06. The first-order valence-corrected chi connectivity index (χ1v) is 5.31. The Labute approximate surface area is 103 Å². The number of nitrogens with zero attached hydrogens (tertiary/aromatic N) is 1. The van der Waals surface area contributed by atoms with Crippen molar-refractivity contribution in [2.75, 3.05) is 11.1 Å². The summed E-state index contributed by atoms with van der Waals surface area (Å²) in [5.41, 5.74) is 6.61. The number of aromatic nitrogens is 1. The molecule has 0 atom stereocenters. The number of nitrogen functional groups attached to an aromatic ring is 1. The minimum Gasteiger partial charge on any atom is -0.384 e. The number of carbonyl (C=O) groups excluding carboxylic acids is 1. The lowest BCUT2D eigenvalue weighted by atomic mass is 10.2. The lowest BCUT2D eigenvalue weighted by Crippen LogP contribution is -2.12. The van der Waals surface area contributed by atoms with Crippen LogP contribution in [0.1, 0.15) is 10.4 Å². The molecule has 2 aromatic rings. The largest absolute Gasteiger partial charge is 0.384 e. The number of hydrogen-bond donors (Lipinski definition) is 2. The van der Waals surface area contributed by atoms with Gasteiger partial charge in [-0.2, -0.15) is 0 Å². The lowest BCUT2D eigenvalue weighted by molar-refractivity contribution is 0.102. The summed E-state index contributed by atoms with van der Waals surface area (Å²) in [7, 11) is 0. The van der Waals surface area contributed by atoms with E-state index in [1.54, 1.807) is 36.4 Å². The Morgan fingerprint density at radius 3 is 2.82 bits per heavy atom. The minimum absolute atomic E-state index is 0.238. The molecule has 17 heavy (non-hydrogen) atoms. The first-order valence-electron chi connectivity index (χ1n) is 4.93. The zero-order valence-corrected chi connectivity index (χ0v) is 9.61. The van der Waals surface area contributed by atoms with Crippen LogP contribution >= 0.6 is 11.6 Å². The molecule has 0 aliphatic rings. The van der Waals surface area contributed by atoms with Crippen LogP contribution in [0.2, 0.25) is 5.02 Å². The van der Waals surface area contributed by atoms with Gasteiger partial charge in [-0.05, 0) is 24.3 Å². The third-order valence-electron chi connectivity index (χ3n) is 2.13. The first kappa shape index (κ1) is 11.4. The summed E-state index contributed by atoms with van der Waals surface area (Å²) in [6.07, 6.45) is 1.53. The van der Waals surface area contributed by atoms with Crippen LogP contribution in [-0.2, 0) is 0 Å². The predicted molar refractivity (Wildman–Crippen MR) is 68.1 cm³/mol. The highest BCUT2D eigenvalue weighted by Crippen LogP contribution is 2.14. The van der Waals surface area contributed by atoms with Gasteiger partial charge in [0.1, 0.15) is 5.82 Å². The van der Waals surface area contributed by atoms with Crippen molar-refractivity contribution < 1.29 is 4.79 Å². The molecule has 0 aliphatic heterocycles. The van der Waals surface area contributed by atoms with Gasteiger partial charge in [0.15, 0.2) is 0 Å². The van der Waals surface area contributed by atoms with E-state index in [4.69, 9.17) is 17.3 Å². The molecule has 0 radical (unpaired) electrons. The van der Waals surface area contributed by atoms with Crippen molar-refractivity contribution in [1.82, 2.24) is 4.98 Å². The third-order valence-corrected chi connectivity index (χ3v) is 2.36. The topological polar surface area (TPSA) is 68.0 Å². The smallest absolute Gasteiger partial charge is 0.255 e. The molecule has 1 aromatic carbocycles. The molecule has 0 fully saturated rings. The minimum atomic E-state index is -0.238. The summed E-state index contributed by atoms with van der Waals surface area (Å²) in [6.45, 7) is 0. The van der Waals surface area contributed by atoms with Crippen molar-refractivity contribution in [3.63, 3.8) is 0 Å². The van der Waals surface area contributed by atoms with E-state index < -0.39 is 0 Å². The van der Waals surface area contributed by atoms with Gasteiger partial charge in [-0.15, -0.1) is 0 Å². The molecular formula is C12H10ClN3O. The monoisotopic (exact) mass is 247 g/mol. The number of carbonyl (C=O) groups is 1. The fourth-order valence-corrected chi connectivity index (χ4v) is 1.55. The second-order valence-electron chi connectivity index (χ2n) is 3.43. The van der Waals surface area contributed by atoms with Crippen molar-refractivity contribution in [3.8, 4) is 0 Å². The molecule has 4 nitrogen and oxygen atoms in total. The van der Waals surface area contributed by atoms with Crippen LogP contribution in [0.3, 0.4) is 0 Å². The first-order chi connectivity index (χ1) is 8.15. The predicted octanol–water partition coefficient (Wildman–Crippen LogP) is 2.57. The maximum absolute atomic E-state index is 11.8. The van der Waals surface area contributed by atoms with E-state index in [0.29, 0.717) is 22.1 Å². The van der Waals surface area contributed by atoms with Gasteiger partial charge in [-0.1, -0.05) is 17.7 Å². The molecular weight excluding hydrogens is 238 g/mol. The van der Waals surface area contributed by atoms with E-state index >= 15 is 0 Å². The zero-order valence-electron chi connectivity index (χ0n) is 8.85. The lowest BCUT2D eigenvalue weighted by Gasteiger charge is -2.05. The Kier molecular flexibility index (Phi) is 3.25. The fourth-order valence-electron chi connectivity index (χ4n) is 1.36. The standard InChI is InChI=1S/C12H10ClN3O/c13-9-3-1-2-8(6-9)12(17)16-10-4-5-15-11(14)7-10/h1-7H,(H3,14,15,16,17). The average Bonchev–Trinajstić information content (AvgIpc) is 2.29. The van der Waals surface area contributed by atoms with Gasteiger partial charge in [0.25, 0.3) is 5.91 Å². The Morgan fingerprint density at radius 2 is 2.12 bits per heavy atom. The second-order valence-corrected chi connectivity index (χ2v) is 3.87. The van der Waals surface area contributed by atoms with Crippen LogP contribution in [0.25, 0.3) is 0 Å². The molecule has 0 bridgehead atoms. The molecule has 86 valence electrons. The van der Waals surface area contributed by atoms with Gasteiger partial charge in [0.2, 0.25) is 0 Å². The van der Waals surface area contributed by atoms with E-state index in [2.05, 4.69) is 10.3 Å².